The molecule has 2 aromatic heterocycles. The van der Waals surface area contributed by atoms with Crippen LogP contribution >= 0.6 is 11.6 Å². The Hall–Kier alpha value is -3.18. The van der Waals surface area contributed by atoms with E-state index in [9.17, 15) is 10.1 Å². The lowest BCUT2D eigenvalue weighted by molar-refractivity contribution is -0.139. The number of aromatic nitrogens is 4. The molecule has 0 bridgehead atoms. The van der Waals surface area contributed by atoms with E-state index in [2.05, 4.69) is 33.2 Å². The monoisotopic (exact) mass is 449 g/mol. The molecule has 0 saturated carbocycles. The number of nitrogens with zero attached hydrogens (tertiary/aromatic N) is 7. The van der Waals surface area contributed by atoms with E-state index in [-0.39, 0.29) is 17.7 Å². The van der Waals surface area contributed by atoms with Crippen molar-refractivity contribution in [3.63, 3.8) is 0 Å². The number of rotatable bonds is 2. The topological polar surface area (TPSA) is 90.9 Å². The van der Waals surface area contributed by atoms with E-state index in [0.717, 1.165) is 28.7 Å². The van der Waals surface area contributed by atoms with Crippen molar-refractivity contribution in [3.05, 3.63) is 46.4 Å². The van der Waals surface area contributed by atoms with E-state index in [1.165, 1.54) is 0 Å². The average Bonchev–Trinajstić information content (AvgIpc) is 3.26. The molecule has 1 fully saturated rings. The number of carbonyl (C=O) groups excluding carboxylic acids is 1. The number of nitriles is 1. The molecule has 0 unspecified atom stereocenters. The molecular formula is C23H24ClN7O. The molecule has 1 saturated heterocycles. The highest BCUT2D eigenvalue weighted by molar-refractivity contribution is 6.31. The van der Waals surface area contributed by atoms with Crippen LogP contribution in [0.3, 0.4) is 0 Å². The van der Waals surface area contributed by atoms with Gasteiger partial charge in [-0.3, -0.25) is 9.78 Å². The highest BCUT2D eigenvalue weighted by Gasteiger charge is 2.36. The summed E-state index contributed by atoms with van der Waals surface area (Å²) in [6.07, 6.45) is 2.47. The first-order valence-electron chi connectivity index (χ1n) is 10.9. The second-order valence-corrected chi connectivity index (χ2v) is 9.16. The van der Waals surface area contributed by atoms with Crippen molar-refractivity contribution < 1.29 is 4.79 Å². The minimum atomic E-state index is -0.0444. The van der Waals surface area contributed by atoms with Gasteiger partial charge in [0.05, 0.1) is 47.4 Å². The van der Waals surface area contributed by atoms with Crippen molar-refractivity contribution >= 4 is 34.1 Å². The number of pyridine rings is 1. The molecule has 3 aromatic rings. The van der Waals surface area contributed by atoms with Gasteiger partial charge in [0, 0.05) is 36.0 Å². The molecule has 1 aromatic carbocycles. The summed E-state index contributed by atoms with van der Waals surface area (Å²) in [5.74, 6) is 0.302. The third-order valence-corrected chi connectivity index (χ3v) is 6.93. The van der Waals surface area contributed by atoms with Crippen LogP contribution in [0.5, 0.6) is 0 Å². The van der Waals surface area contributed by atoms with Crippen LogP contribution in [0.2, 0.25) is 5.02 Å². The first-order valence-corrected chi connectivity index (χ1v) is 11.2. The molecule has 0 spiro atoms. The number of hydrogen-bond acceptors (Lipinski definition) is 6. The maximum absolute atomic E-state index is 13.4. The van der Waals surface area contributed by atoms with Crippen LogP contribution in [-0.4, -0.2) is 50.4 Å². The van der Waals surface area contributed by atoms with Gasteiger partial charge in [0.1, 0.15) is 6.07 Å². The van der Waals surface area contributed by atoms with Crippen LogP contribution in [0.15, 0.2) is 24.4 Å². The number of piperidine rings is 1. The zero-order valence-corrected chi connectivity index (χ0v) is 18.9. The fraction of sp³-hybridized carbons (Fsp3) is 0.435. The van der Waals surface area contributed by atoms with E-state index in [0.29, 0.717) is 49.0 Å². The Morgan fingerprint density at radius 1 is 1.28 bits per heavy atom. The molecule has 9 heteroatoms. The van der Waals surface area contributed by atoms with Gasteiger partial charge in [-0.2, -0.15) is 5.26 Å². The van der Waals surface area contributed by atoms with Crippen LogP contribution in [-0.2, 0) is 17.9 Å². The Kier molecular flexibility index (Phi) is 5.22. The second kappa shape index (κ2) is 8.06. The van der Waals surface area contributed by atoms with Gasteiger partial charge >= 0.3 is 0 Å². The maximum Gasteiger partial charge on any atom is 0.226 e. The summed E-state index contributed by atoms with van der Waals surface area (Å²) in [7, 11) is 0. The van der Waals surface area contributed by atoms with Crippen LogP contribution in [0.4, 0.5) is 5.69 Å². The Labute approximate surface area is 191 Å². The Balaban J connectivity index is 1.40. The van der Waals surface area contributed by atoms with E-state index in [1.54, 1.807) is 6.20 Å². The summed E-state index contributed by atoms with van der Waals surface area (Å²) in [6, 6.07) is 7.94. The third-order valence-electron chi connectivity index (χ3n) is 6.70. The van der Waals surface area contributed by atoms with Crippen LogP contribution in [0.25, 0.3) is 10.9 Å². The van der Waals surface area contributed by atoms with Crippen molar-refractivity contribution in [2.24, 2.45) is 11.8 Å². The van der Waals surface area contributed by atoms with E-state index in [4.69, 9.17) is 11.6 Å². The normalized spacial score (nSPS) is 20.8. The minimum absolute atomic E-state index is 0.0444. The van der Waals surface area contributed by atoms with Crippen molar-refractivity contribution in [1.82, 2.24) is 24.9 Å². The summed E-state index contributed by atoms with van der Waals surface area (Å²) in [6.45, 7) is 7.29. The lowest BCUT2D eigenvalue weighted by atomic mass is 9.85. The number of hydrogen-bond donors (Lipinski definition) is 0. The molecule has 0 N–H and O–H groups in total. The van der Waals surface area contributed by atoms with Crippen molar-refractivity contribution in [3.8, 4) is 6.07 Å². The van der Waals surface area contributed by atoms with Crippen LogP contribution in [0.1, 0.15) is 30.3 Å². The molecule has 8 nitrogen and oxygen atoms in total. The number of carbonyl (C=O) groups is 1. The molecule has 0 radical (unpaired) electrons. The van der Waals surface area contributed by atoms with Gasteiger partial charge in [-0.15, -0.1) is 5.10 Å². The fourth-order valence-electron chi connectivity index (χ4n) is 5.02. The van der Waals surface area contributed by atoms with Crippen molar-refractivity contribution in [2.45, 2.75) is 33.4 Å². The summed E-state index contributed by atoms with van der Waals surface area (Å²) in [5, 5.41) is 19.4. The van der Waals surface area contributed by atoms with Gasteiger partial charge < -0.3 is 9.80 Å². The number of amides is 1. The zero-order chi connectivity index (χ0) is 22.4. The third kappa shape index (κ3) is 3.47. The van der Waals surface area contributed by atoms with Crippen molar-refractivity contribution in [1.29, 1.82) is 5.26 Å². The SMILES string of the molecule is Cc1nc2ccc(Cl)cc2c(N2CC[C@H](C(=O)N3CCn4nncc4C3)[C@H](C)C2)c1C#N. The second-order valence-electron chi connectivity index (χ2n) is 8.72. The molecule has 5 rings (SSSR count). The Bertz CT molecular complexity index is 1250. The van der Waals surface area contributed by atoms with Crippen LogP contribution < -0.4 is 4.90 Å². The quantitative estimate of drug-likeness (QED) is 0.596. The molecule has 32 heavy (non-hydrogen) atoms. The largest absolute Gasteiger partial charge is 0.370 e. The predicted molar refractivity (Wildman–Crippen MR) is 121 cm³/mol. The van der Waals surface area contributed by atoms with Crippen LogP contribution in [0, 0.1) is 30.1 Å². The molecule has 1 amide bonds. The Morgan fingerprint density at radius 3 is 2.91 bits per heavy atom. The highest BCUT2D eigenvalue weighted by Crippen LogP contribution is 2.37. The molecule has 0 aliphatic carbocycles. The molecule has 2 aliphatic heterocycles. The summed E-state index contributed by atoms with van der Waals surface area (Å²) in [5.41, 5.74) is 3.97. The molecule has 164 valence electrons. The number of benzene rings is 1. The first-order chi connectivity index (χ1) is 15.5. The number of anilines is 1. The highest BCUT2D eigenvalue weighted by atomic mass is 35.5. The average molecular weight is 450 g/mol. The smallest absolute Gasteiger partial charge is 0.226 e. The lowest BCUT2D eigenvalue weighted by Crippen LogP contribution is -2.49. The van der Waals surface area contributed by atoms with Gasteiger partial charge in [-0.1, -0.05) is 23.7 Å². The van der Waals surface area contributed by atoms with Gasteiger partial charge in [-0.25, -0.2) is 4.68 Å². The molecule has 2 aliphatic rings. The van der Waals surface area contributed by atoms with E-state index >= 15 is 0 Å². The summed E-state index contributed by atoms with van der Waals surface area (Å²) < 4.78 is 1.86. The molecule has 2 atom stereocenters. The molecular weight excluding hydrogens is 426 g/mol. The fourth-order valence-corrected chi connectivity index (χ4v) is 5.19. The minimum Gasteiger partial charge on any atom is -0.370 e. The van der Waals surface area contributed by atoms with E-state index in [1.807, 2.05) is 34.7 Å². The van der Waals surface area contributed by atoms with Gasteiger partial charge in [0.25, 0.3) is 0 Å². The predicted octanol–water partition coefficient (Wildman–Crippen LogP) is 3.16. The Morgan fingerprint density at radius 2 is 2.12 bits per heavy atom. The van der Waals surface area contributed by atoms with Gasteiger partial charge in [0.15, 0.2) is 0 Å². The number of halogens is 1. The number of aryl methyl sites for hydroxylation is 1. The summed E-state index contributed by atoms with van der Waals surface area (Å²) >= 11 is 6.28. The zero-order valence-electron chi connectivity index (χ0n) is 18.1. The molecule has 4 heterocycles. The standard InChI is InChI=1S/C23H24ClN7O/c1-14-12-29(22-19-9-16(24)3-4-21(19)27-15(2)20(22)10-25)6-5-18(14)23(32)30-7-8-31-17(13-30)11-26-28-31/h3-4,9,11,14,18H,5-8,12-13H2,1-2H3/t14-,18+/m1/s1. The lowest BCUT2D eigenvalue weighted by Gasteiger charge is -2.40. The summed E-state index contributed by atoms with van der Waals surface area (Å²) in [4.78, 5) is 22.1. The number of fused-ring (bicyclic) bond motifs is 2. The van der Waals surface area contributed by atoms with Gasteiger partial charge in [-0.05, 0) is 37.5 Å². The first kappa shape index (κ1) is 20.7. The van der Waals surface area contributed by atoms with E-state index < -0.39 is 0 Å². The van der Waals surface area contributed by atoms with Gasteiger partial charge in [0.2, 0.25) is 5.91 Å². The maximum atomic E-state index is 13.4. The van der Waals surface area contributed by atoms with Crippen molar-refractivity contribution in [2.75, 3.05) is 24.5 Å².